The van der Waals surface area contributed by atoms with Crippen molar-refractivity contribution in [2.45, 2.75) is 39.3 Å². The Morgan fingerprint density at radius 1 is 1.00 bits per heavy atom. The van der Waals surface area contributed by atoms with E-state index in [1.807, 2.05) is 48.9 Å². The van der Waals surface area contributed by atoms with Crippen LogP contribution in [0.1, 0.15) is 42.6 Å². The minimum absolute atomic E-state index is 0.00932. The molecular weight excluding hydrogens is 574 g/mol. The molecule has 2 N–H and O–H groups in total. The van der Waals surface area contributed by atoms with Crippen molar-refractivity contribution in [2.24, 2.45) is 0 Å². The highest BCUT2D eigenvalue weighted by atomic mass is 16.3. The fourth-order valence-corrected chi connectivity index (χ4v) is 6.40. The number of hydrogen-bond acceptors (Lipinski definition) is 7. The number of aliphatic hydroxyl groups is 1. The molecule has 2 aromatic heterocycles. The molecule has 2 aliphatic rings. The number of benzene rings is 2. The molecular formula is C37H45N7O2. The first-order chi connectivity index (χ1) is 22.4. The maximum Gasteiger partial charge on any atom is 0.325 e. The van der Waals surface area contributed by atoms with Gasteiger partial charge in [-0.2, -0.15) is 5.26 Å². The third-order valence-electron chi connectivity index (χ3n) is 8.75. The number of nitriles is 1. The fourth-order valence-electron chi connectivity index (χ4n) is 6.40. The number of aromatic nitrogens is 3. The molecule has 6 rings (SSSR count). The molecule has 0 aliphatic carbocycles. The minimum atomic E-state index is -0.00932. The second kappa shape index (κ2) is 15.7. The fraction of sp³-hybridized carbons (Fsp3) is 0.378. The van der Waals surface area contributed by atoms with Crippen LogP contribution in [-0.2, 0) is 6.54 Å². The lowest BCUT2D eigenvalue weighted by Crippen LogP contribution is -2.47. The van der Waals surface area contributed by atoms with Crippen molar-refractivity contribution >= 4 is 5.82 Å². The number of allylic oxidation sites excluding steroid dienone is 1. The van der Waals surface area contributed by atoms with Crippen molar-refractivity contribution in [3.05, 3.63) is 107 Å². The average Bonchev–Trinajstić information content (AvgIpc) is 3.43. The highest BCUT2D eigenvalue weighted by Gasteiger charge is 2.24. The summed E-state index contributed by atoms with van der Waals surface area (Å²) in [5.41, 5.74) is 6.60. The van der Waals surface area contributed by atoms with Crippen LogP contribution in [0.4, 0.5) is 5.82 Å². The first-order valence-electron chi connectivity index (χ1n) is 16.2. The number of pyridine rings is 1. The molecule has 0 saturated carbocycles. The number of β-amino-alcohol motifs (C(OH)–C–C–N with tert-alkyl or cyclic N) is 1. The Balaban J connectivity index is 0.00000134. The van der Waals surface area contributed by atoms with Gasteiger partial charge >= 0.3 is 5.69 Å². The minimum Gasteiger partial charge on any atom is -0.395 e. The zero-order valence-electron chi connectivity index (χ0n) is 27.0. The van der Waals surface area contributed by atoms with Crippen molar-refractivity contribution in [3.63, 3.8) is 0 Å². The van der Waals surface area contributed by atoms with Crippen molar-refractivity contribution < 1.29 is 5.11 Å². The Labute approximate surface area is 272 Å². The monoisotopic (exact) mass is 619 g/mol. The molecule has 240 valence electrons. The standard InChI is InChI=1S/C34H39N7O2.C3H6/c1-25-23-41(34(43)36-25)30-11-13-39(14-12-30)24-26-7-9-28(10-8-26)32-31(27-5-3-2-4-6-27)21-29(22-35)33(37-32)40-17-15-38(16-18-40)19-20-42;1-3-2/h2-10,21,23,30,42H,11-20,24H2,1H3,(H,36,43);3H,1H2,2H3. The summed E-state index contributed by atoms with van der Waals surface area (Å²) in [4.78, 5) is 27.2. The smallest absolute Gasteiger partial charge is 0.325 e. The molecule has 2 fully saturated rings. The predicted octanol–water partition coefficient (Wildman–Crippen LogP) is 5.23. The van der Waals surface area contributed by atoms with Crippen LogP contribution in [0, 0.1) is 18.3 Å². The second-order valence-electron chi connectivity index (χ2n) is 12.0. The number of nitrogens with one attached hydrogen (secondary N) is 1. The van der Waals surface area contributed by atoms with Crippen molar-refractivity contribution in [1.29, 1.82) is 5.26 Å². The maximum absolute atomic E-state index is 12.2. The van der Waals surface area contributed by atoms with Gasteiger partial charge in [0.05, 0.1) is 17.9 Å². The van der Waals surface area contributed by atoms with E-state index in [2.05, 4.69) is 68.7 Å². The summed E-state index contributed by atoms with van der Waals surface area (Å²) in [5.74, 6) is 0.726. The number of anilines is 1. The number of rotatable bonds is 8. The number of hydrogen-bond donors (Lipinski definition) is 2. The highest BCUT2D eigenvalue weighted by molar-refractivity contribution is 5.84. The summed E-state index contributed by atoms with van der Waals surface area (Å²) in [6.07, 6.45) is 5.61. The first-order valence-corrected chi connectivity index (χ1v) is 16.2. The Morgan fingerprint density at radius 3 is 2.26 bits per heavy atom. The zero-order valence-corrected chi connectivity index (χ0v) is 27.0. The van der Waals surface area contributed by atoms with E-state index in [1.54, 1.807) is 6.08 Å². The predicted molar refractivity (Wildman–Crippen MR) is 185 cm³/mol. The van der Waals surface area contributed by atoms with Crippen LogP contribution in [0.5, 0.6) is 0 Å². The third kappa shape index (κ3) is 7.83. The SMILES string of the molecule is C=CC.Cc1cn(C2CCN(Cc3ccc(-c4nc(N5CCN(CCO)CC5)c(C#N)cc4-c4ccccc4)cc3)CC2)c(=O)[nH]1. The Morgan fingerprint density at radius 2 is 1.67 bits per heavy atom. The van der Waals surface area contributed by atoms with Crippen LogP contribution in [0.15, 0.2) is 84.3 Å². The Hall–Kier alpha value is -4.49. The number of aryl methyl sites for hydroxylation is 1. The number of piperazine rings is 1. The molecule has 2 aliphatic heterocycles. The number of piperidine rings is 1. The van der Waals surface area contributed by atoms with Gasteiger partial charge in [-0.3, -0.25) is 14.4 Å². The van der Waals surface area contributed by atoms with Gasteiger partial charge in [0.25, 0.3) is 0 Å². The van der Waals surface area contributed by atoms with Gasteiger partial charge < -0.3 is 15.0 Å². The summed E-state index contributed by atoms with van der Waals surface area (Å²) in [6.45, 7) is 14.0. The maximum atomic E-state index is 12.2. The third-order valence-corrected chi connectivity index (χ3v) is 8.75. The van der Waals surface area contributed by atoms with Gasteiger partial charge in [0.2, 0.25) is 0 Å². The van der Waals surface area contributed by atoms with E-state index >= 15 is 0 Å². The molecule has 0 radical (unpaired) electrons. The quantitative estimate of drug-likeness (QED) is 0.260. The largest absolute Gasteiger partial charge is 0.395 e. The molecule has 0 amide bonds. The zero-order chi connectivity index (χ0) is 32.5. The summed E-state index contributed by atoms with van der Waals surface area (Å²) >= 11 is 0. The lowest BCUT2D eigenvalue weighted by Gasteiger charge is -2.35. The Bertz CT molecular complexity index is 1670. The van der Waals surface area contributed by atoms with Gasteiger partial charge in [-0.15, -0.1) is 6.58 Å². The second-order valence-corrected chi connectivity index (χ2v) is 12.0. The molecule has 0 unspecified atom stereocenters. The summed E-state index contributed by atoms with van der Waals surface area (Å²) in [6, 6.07) is 23.5. The molecule has 9 heteroatoms. The van der Waals surface area contributed by atoms with Crippen LogP contribution in [-0.4, -0.2) is 81.9 Å². The van der Waals surface area contributed by atoms with Gasteiger partial charge in [-0.1, -0.05) is 60.7 Å². The topological polar surface area (TPSA) is 104 Å². The molecule has 2 aromatic carbocycles. The molecule has 9 nitrogen and oxygen atoms in total. The number of aliphatic hydroxyl groups excluding tert-OH is 1. The van der Waals surface area contributed by atoms with E-state index in [9.17, 15) is 15.2 Å². The van der Waals surface area contributed by atoms with E-state index in [0.717, 1.165) is 92.6 Å². The van der Waals surface area contributed by atoms with Crippen LogP contribution >= 0.6 is 0 Å². The van der Waals surface area contributed by atoms with Gasteiger partial charge in [0, 0.05) is 81.4 Å². The van der Waals surface area contributed by atoms with Crippen molar-refractivity contribution in [1.82, 2.24) is 24.3 Å². The number of aromatic amines is 1. The molecule has 4 aromatic rings. The molecule has 0 spiro atoms. The molecule has 46 heavy (non-hydrogen) atoms. The van der Waals surface area contributed by atoms with Gasteiger partial charge in [0.1, 0.15) is 11.9 Å². The van der Waals surface area contributed by atoms with Gasteiger partial charge in [-0.05, 0) is 43.9 Å². The normalized spacial score (nSPS) is 16.0. The number of nitrogens with zero attached hydrogens (tertiary/aromatic N) is 6. The lowest BCUT2D eigenvalue weighted by atomic mass is 9.96. The van der Waals surface area contributed by atoms with Crippen molar-refractivity contribution in [2.75, 3.05) is 57.3 Å². The van der Waals surface area contributed by atoms with Crippen LogP contribution < -0.4 is 10.6 Å². The highest BCUT2D eigenvalue weighted by Crippen LogP contribution is 2.35. The molecule has 2 saturated heterocycles. The van der Waals surface area contributed by atoms with E-state index in [-0.39, 0.29) is 18.3 Å². The number of H-pyrrole nitrogens is 1. The van der Waals surface area contributed by atoms with Crippen LogP contribution in [0.25, 0.3) is 22.4 Å². The molecule has 0 bridgehead atoms. The molecule has 0 atom stereocenters. The lowest BCUT2D eigenvalue weighted by molar-refractivity contribution is 0.178. The van der Waals surface area contributed by atoms with E-state index in [4.69, 9.17) is 4.98 Å². The summed E-state index contributed by atoms with van der Waals surface area (Å²) < 4.78 is 1.86. The average molecular weight is 620 g/mol. The number of imidazole rings is 1. The van der Waals surface area contributed by atoms with Crippen LogP contribution in [0.2, 0.25) is 0 Å². The van der Waals surface area contributed by atoms with E-state index in [0.29, 0.717) is 12.1 Å². The van der Waals surface area contributed by atoms with Crippen molar-refractivity contribution in [3.8, 4) is 28.5 Å². The molecule has 4 heterocycles. The van der Waals surface area contributed by atoms with E-state index < -0.39 is 0 Å². The number of likely N-dealkylation sites (tertiary alicyclic amines) is 1. The summed E-state index contributed by atoms with van der Waals surface area (Å²) in [7, 11) is 0. The summed E-state index contributed by atoms with van der Waals surface area (Å²) in [5, 5.41) is 19.5. The first kappa shape index (κ1) is 32.9. The van der Waals surface area contributed by atoms with Crippen LogP contribution in [0.3, 0.4) is 0 Å². The Kier molecular flexibility index (Phi) is 11.2. The van der Waals surface area contributed by atoms with Gasteiger partial charge in [0.15, 0.2) is 0 Å². The van der Waals surface area contributed by atoms with E-state index in [1.165, 1.54) is 5.56 Å². The van der Waals surface area contributed by atoms with Gasteiger partial charge in [-0.25, -0.2) is 9.78 Å².